The highest BCUT2D eigenvalue weighted by molar-refractivity contribution is 5.99. The van der Waals surface area contributed by atoms with Crippen LogP contribution in [0.2, 0.25) is 0 Å². The van der Waals surface area contributed by atoms with E-state index in [2.05, 4.69) is 25.8 Å². The fourth-order valence-electron chi connectivity index (χ4n) is 4.55. The zero-order chi connectivity index (χ0) is 24.0. The van der Waals surface area contributed by atoms with Gasteiger partial charge in [0.05, 0.1) is 5.56 Å². The van der Waals surface area contributed by atoms with Crippen molar-refractivity contribution >= 4 is 35.1 Å². The zero-order valence-electron chi connectivity index (χ0n) is 19.2. The van der Waals surface area contributed by atoms with Gasteiger partial charge in [-0.25, -0.2) is 4.98 Å². The molecule has 1 atom stereocenters. The number of aromatic nitrogens is 6. The molecule has 11 nitrogen and oxygen atoms in total. The maximum Gasteiger partial charge on any atom is 0.251 e. The van der Waals surface area contributed by atoms with E-state index in [1.54, 1.807) is 12.1 Å². The molecule has 176 valence electrons. The van der Waals surface area contributed by atoms with Crippen molar-refractivity contribution in [3.63, 3.8) is 0 Å². The number of nitrogens with one attached hydrogen (secondary N) is 3. The van der Waals surface area contributed by atoms with Crippen molar-refractivity contribution in [2.75, 3.05) is 22.1 Å². The van der Waals surface area contributed by atoms with Gasteiger partial charge in [0, 0.05) is 36.6 Å². The standard InChI is InChI=1S/C24H24N10O/c1-24(21(35)27-18-8-5-15(13-25)14-26-18)9-3-11-34(24)23-29-20-4-2-10-33(20)22(30-23)28-19-12-17(31-32-19)16-6-7-16/h2,4-5,8,10,12,14,16H,3,6-7,9,11H2,1H3,(H,26,27,35)(H2,28,29,30,31,32)/t24-/m0/s1. The van der Waals surface area contributed by atoms with Crippen LogP contribution in [0.5, 0.6) is 0 Å². The second-order valence-electron chi connectivity index (χ2n) is 9.22. The van der Waals surface area contributed by atoms with Crippen molar-refractivity contribution in [3.05, 3.63) is 54.0 Å². The Hall–Kier alpha value is -4.46. The number of nitrogens with zero attached hydrogens (tertiary/aromatic N) is 7. The number of aromatic amines is 1. The Morgan fingerprint density at radius 2 is 2.14 bits per heavy atom. The van der Waals surface area contributed by atoms with Gasteiger partial charge in [-0.2, -0.15) is 20.3 Å². The first-order valence-corrected chi connectivity index (χ1v) is 11.7. The fraction of sp³-hybridized carbons (Fsp3) is 0.333. The SMILES string of the molecule is C[C@@]1(C(=O)Nc2ccc(C#N)cn2)CCCN1c1nc(Nc2cc(C3CC3)[nH]n2)n2cccc2n1. The van der Waals surface area contributed by atoms with E-state index in [9.17, 15) is 4.79 Å². The molecule has 4 aromatic heterocycles. The van der Waals surface area contributed by atoms with Crippen LogP contribution in [-0.4, -0.2) is 47.5 Å². The molecule has 2 aliphatic rings. The number of hydrogen-bond donors (Lipinski definition) is 3. The third-order valence-corrected chi connectivity index (χ3v) is 6.74. The molecular formula is C24H24N10O. The number of rotatable bonds is 6. The van der Waals surface area contributed by atoms with Crippen LogP contribution < -0.4 is 15.5 Å². The lowest BCUT2D eigenvalue weighted by atomic mass is 9.98. The molecular weight excluding hydrogens is 444 g/mol. The van der Waals surface area contributed by atoms with Gasteiger partial charge < -0.3 is 15.5 Å². The zero-order valence-corrected chi connectivity index (χ0v) is 19.2. The Bertz CT molecular complexity index is 1450. The van der Waals surface area contributed by atoms with Crippen molar-refractivity contribution in [2.45, 2.75) is 44.1 Å². The first-order chi connectivity index (χ1) is 17.0. The maximum atomic E-state index is 13.4. The number of anilines is 4. The van der Waals surface area contributed by atoms with Crippen LogP contribution in [0, 0.1) is 11.3 Å². The van der Waals surface area contributed by atoms with Gasteiger partial charge in [0.25, 0.3) is 5.91 Å². The molecule has 0 aromatic carbocycles. The monoisotopic (exact) mass is 468 g/mol. The Morgan fingerprint density at radius 3 is 2.91 bits per heavy atom. The van der Waals surface area contributed by atoms with E-state index in [0.29, 0.717) is 48.0 Å². The predicted molar refractivity (Wildman–Crippen MR) is 129 cm³/mol. The highest BCUT2D eigenvalue weighted by atomic mass is 16.2. The van der Waals surface area contributed by atoms with Gasteiger partial charge in [-0.05, 0) is 56.9 Å². The molecule has 1 aliphatic carbocycles. The Balaban J connectivity index is 1.29. The van der Waals surface area contributed by atoms with Crippen molar-refractivity contribution in [3.8, 4) is 6.07 Å². The van der Waals surface area contributed by atoms with E-state index in [-0.39, 0.29) is 5.91 Å². The molecule has 1 saturated carbocycles. The molecule has 6 rings (SSSR count). The van der Waals surface area contributed by atoms with Gasteiger partial charge >= 0.3 is 0 Å². The topological polar surface area (TPSA) is 140 Å². The molecule has 0 unspecified atom stereocenters. The van der Waals surface area contributed by atoms with Crippen LogP contribution in [0.1, 0.15) is 49.8 Å². The average Bonchev–Trinajstić information content (AvgIpc) is 3.23. The highest BCUT2D eigenvalue weighted by Gasteiger charge is 2.45. The van der Waals surface area contributed by atoms with Crippen LogP contribution in [0.4, 0.5) is 23.5 Å². The summed E-state index contributed by atoms with van der Waals surface area (Å²) in [6.07, 6.45) is 7.19. The Kier molecular flexibility index (Phi) is 4.88. The second-order valence-corrected chi connectivity index (χ2v) is 9.22. The van der Waals surface area contributed by atoms with E-state index in [0.717, 1.165) is 17.8 Å². The Morgan fingerprint density at radius 1 is 1.26 bits per heavy atom. The molecule has 11 heteroatoms. The van der Waals surface area contributed by atoms with Gasteiger partial charge in [0.2, 0.25) is 11.9 Å². The minimum atomic E-state index is -0.858. The first-order valence-electron chi connectivity index (χ1n) is 11.7. The van der Waals surface area contributed by atoms with Crippen LogP contribution in [0.15, 0.2) is 42.7 Å². The average molecular weight is 469 g/mol. The summed E-state index contributed by atoms with van der Waals surface area (Å²) in [6.45, 7) is 2.54. The number of hydrogen-bond acceptors (Lipinski definition) is 8. The minimum absolute atomic E-state index is 0.193. The number of fused-ring (bicyclic) bond motifs is 1. The third-order valence-electron chi connectivity index (χ3n) is 6.74. The van der Waals surface area contributed by atoms with E-state index in [1.807, 2.05) is 46.7 Å². The summed E-state index contributed by atoms with van der Waals surface area (Å²) in [4.78, 5) is 29.1. The van der Waals surface area contributed by atoms with Gasteiger partial charge in [0.1, 0.15) is 23.1 Å². The number of amides is 1. The molecule has 35 heavy (non-hydrogen) atoms. The van der Waals surface area contributed by atoms with E-state index >= 15 is 0 Å². The smallest absolute Gasteiger partial charge is 0.251 e. The summed E-state index contributed by atoms with van der Waals surface area (Å²) in [5.74, 6) is 2.52. The van der Waals surface area contributed by atoms with E-state index < -0.39 is 5.54 Å². The number of carbonyl (C=O) groups is 1. The van der Waals surface area contributed by atoms with Crippen molar-refractivity contribution < 1.29 is 4.79 Å². The minimum Gasteiger partial charge on any atom is -0.326 e. The molecule has 1 saturated heterocycles. The highest BCUT2D eigenvalue weighted by Crippen LogP contribution is 2.40. The fourth-order valence-corrected chi connectivity index (χ4v) is 4.55. The maximum absolute atomic E-state index is 13.4. The van der Waals surface area contributed by atoms with Gasteiger partial charge in [-0.15, -0.1) is 0 Å². The molecule has 0 radical (unpaired) electrons. The molecule has 0 spiro atoms. The van der Waals surface area contributed by atoms with Crippen molar-refractivity contribution in [2.24, 2.45) is 0 Å². The molecule has 1 aliphatic heterocycles. The molecule has 4 aromatic rings. The lowest BCUT2D eigenvalue weighted by molar-refractivity contribution is -0.120. The van der Waals surface area contributed by atoms with Crippen LogP contribution in [0.25, 0.3) is 5.65 Å². The molecule has 2 fully saturated rings. The first kappa shape index (κ1) is 21.1. The van der Waals surface area contributed by atoms with Crippen molar-refractivity contribution in [1.29, 1.82) is 5.26 Å². The predicted octanol–water partition coefficient (Wildman–Crippen LogP) is 3.34. The largest absolute Gasteiger partial charge is 0.326 e. The number of H-pyrrole nitrogens is 1. The lowest BCUT2D eigenvalue weighted by Crippen LogP contribution is -2.51. The summed E-state index contributed by atoms with van der Waals surface area (Å²) in [5.41, 5.74) is 1.43. The van der Waals surface area contributed by atoms with Crippen LogP contribution >= 0.6 is 0 Å². The molecule has 5 heterocycles. The van der Waals surface area contributed by atoms with Crippen LogP contribution in [-0.2, 0) is 4.79 Å². The Labute approximate surface area is 201 Å². The van der Waals surface area contributed by atoms with Gasteiger partial charge in [-0.1, -0.05) is 0 Å². The summed E-state index contributed by atoms with van der Waals surface area (Å²) >= 11 is 0. The number of pyridine rings is 1. The summed E-state index contributed by atoms with van der Waals surface area (Å²) in [6, 6.07) is 11.1. The second kappa shape index (κ2) is 8.09. The van der Waals surface area contributed by atoms with Gasteiger partial charge in [0.15, 0.2) is 5.82 Å². The van der Waals surface area contributed by atoms with Gasteiger partial charge in [-0.3, -0.25) is 14.3 Å². The summed E-state index contributed by atoms with van der Waals surface area (Å²) in [7, 11) is 0. The lowest BCUT2D eigenvalue weighted by Gasteiger charge is -2.34. The van der Waals surface area contributed by atoms with Crippen LogP contribution in [0.3, 0.4) is 0 Å². The normalized spacial score (nSPS) is 19.6. The molecule has 1 amide bonds. The summed E-state index contributed by atoms with van der Waals surface area (Å²) < 4.78 is 1.86. The van der Waals surface area contributed by atoms with Crippen molar-refractivity contribution in [1.82, 2.24) is 29.5 Å². The van der Waals surface area contributed by atoms with E-state index in [1.165, 1.54) is 19.0 Å². The quantitative estimate of drug-likeness (QED) is 0.391. The van der Waals surface area contributed by atoms with E-state index in [4.69, 9.17) is 15.2 Å². The number of nitriles is 1. The third kappa shape index (κ3) is 3.82. The molecule has 3 N–H and O–H groups in total. The molecule has 0 bridgehead atoms. The summed E-state index contributed by atoms with van der Waals surface area (Å²) in [5, 5.41) is 22.7. The number of carbonyl (C=O) groups excluding carboxylic acids is 1.